The Morgan fingerprint density at radius 1 is 1.18 bits per heavy atom. The van der Waals surface area contributed by atoms with Crippen LogP contribution < -0.4 is 11.1 Å². The number of nitrogens with two attached hydrogens (primary N) is 1. The monoisotopic (exact) mass is 298 g/mol. The highest BCUT2D eigenvalue weighted by molar-refractivity contribution is 5.96. The summed E-state index contributed by atoms with van der Waals surface area (Å²) in [6.45, 7) is 1.74. The first-order valence-electron chi connectivity index (χ1n) is 6.90. The Hall–Kier alpha value is -2.66. The standard InChI is InChI=1S/C17H18N2O3/c1-11-9-13(7-8-14(11)17(18)22)19-16(21)10-15(20)12-5-3-2-4-6-12/h2-9,15,20H,10H2,1H3,(H2,18,22)(H,19,21). The van der Waals surface area contributed by atoms with E-state index >= 15 is 0 Å². The number of nitrogens with one attached hydrogen (secondary N) is 1. The van der Waals surface area contributed by atoms with E-state index in [0.29, 0.717) is 22.4 Å². The Balaban J connectivity index is 2.00. The highest BCUT2D eigenvalue weighted by Crippen LogP contribution is 2.19. The van der Waals surface area contributed by atoms with Gasteiger partial charge in [0.15, 0.2) is 0 Å². The van der Waals surface area contributed by atoms with E-state index in [1.807, 2.05) is 18.2 Å². The second kappa shape index (κ2) is 6.87. The zero-order valence-corrected chi connectivity index (χ0v) is 12.2. The molecule has 1 unspecified atom stereocenters. The summed E-state index contributed by atoms with van der Waals surface area (Å²) in [5.74, 6) is -0.808. The summed E-state index contributed by atoms with van der Waals surface area (Å²) in [5.41, 5.74) is 7.60. The molecule has 1 atom stereocenters. The van der Waals surface area contributed by atoms with Gasteiger partial charge in [-0.3, -0.25) is 9.59 Å². The van der Waals surface area contributed by atoms with E-state index in [1.165, 1.54) is 0 Å². The number of anilines is 1. The molecule has 0 aliphatic heterocycles. The van der Waals surface area contributed by atoms with Gasteiger partial charge >= 0.3 is 0 Å². The number of rotatable bonds is 5. The minimum Gasteiger partial charge on any atom is -0.388 e. The highest BCUT2D eigenvalue weighted by atomic mass is 16.3. The van der Waals surface area contributed by atoms with Gasteiger partial charge < -0.3 is 16.2 Å². The Labute approximate surface area is 128 Å². The third kappa shape index (κ3) is 3.93. The molecule has 2 rings (SSSR count). The quantitative estimate of drug-likeness (QED) is 0.789. The van der Waals surface area contributed by atoms with Gasteiger partial charge in [0.25, 0.3) is 0 Å². The van der Waals surface area contributed by atoms with Crippen molar-refractivity contribution in [3.63, 3.8) is 0 Å². The average Bonchev–Trinajstić information content (AvgIpc) is 2.47. The molecular weight excluding hydrogens is 280 g/mol. The van der Waals surface area contributed by atoms with Crippen molar-refractivity contribution in [2.75, 3.05) is 5.32 Å². The van der Waals surface area contributed by atoms with Crippen molar-refractivity contribution >= 4 is 17.5 Å². The number of aliphatic hydroxyl groups is 1. The van der Waals surface area contributed by atoms with E-state index < -0.39 is 12.0 Å². The van der Waals surface area contributed by atoms with Crippen LogP contribution in [0.4, 0.5) is 5.69 Å². The van der Waals surface area contributed by atoms with Crippen molar-refractivity contribution in [1.29, 1.82) is 0 Å². The summed E-state index contributed by atoms with van der Waals surface area (Å²) in [4.78, 5) is 23.1. The molecule has 2 aromatic carbocycles. The summed E-state index contributed by atoms with van der Waals surface area (Å²) in [5, 5.41) is 12.7. The fourth-order valence-corrected chi connectivity index (χ4v) is 2.20. The molecule has 0 radical (unpaired) electrons. The second-order valence-electron chi connectivity index (χ2n) is 5.07. The molecule has 0 heterocycles. The van der Waals surface area contributed by atoms with Gasteiger partial charge in [-0.15, -0.1) is 0 Å². The van der Waals surface area contributed by atoms with Gasteiger partial charge in [0.2, 0.25) is 11.8 Å². The Kier molecular flexibility index (Phi) is 4.91. The molecule has 5 nitrogen and oxygen atoms in total. The number of primary amides is 1. The van der Waals surface area contributed by atoms with Crippen LogP contribution in [0.5, 0.6) is 0 Å². The maximum Gasteiger partial charge on any atom is 0.248 e. The predicted molar refractivity (Wildman–Crippen MR) is 84.3 cm³/mol. The lowest BCUT2D eigenvalue weighted by Gasteiger charge is -2.12. The number of carbonyl (C=O) groups excluding carboxylic acids is 2. The van der Waals surface area contributed by atoms with Crippen LogP contribution in [0.25, 0.3) is 0 Å². The lowest BCUT2D eigenvalue weighted by Crippen LogP contribution is -2.16. The maximum absolute atomic E-state index is 12.0. The summed E-state index contributed by atoms with van der Waals surface area (Å²) >= 11 is 0. The smallest absolute Gasteiger partial charge is 0.248 e. The molecule has 0 saturated carbocycles. The van der Waals surface area contributed by atoms with Crippen LogP contribution in [0, 0.1) is 6.92 Å². The molecule has 22 heavy (non-hydrogen) atoms. The largest absolute Gasteiger partial charge is 0.388 e. The van der Waals surface area contributed by atoms with Gasteiger partial charge in [0, 0.05) is 11.3 Å². The van der Waals surface area contributed by atoms with Gasteiger partial charge in [-0.2, -0.15) is 0 Å². The normalized spacial score (nSPS) is 11.7. The van der Waals surface area contributed by atoms with Gasteiger partial charge in [-0.05, 0) is 36.2 Å². The molecule has 0 fully saturated rings. The fraction of sp³-hybridized carbons (Fsp3) is 0.176. The number of hydrogen-bond donors (Lipinski definition) is 3. The highest BCUT2D eigenvalue weighted by Gasteiger charge is 2.13. The molecule has 0 bridgehead atoms. The van der Waals surface area contributed by atoms with Crippen molar-refractivity contribution in [3.05, 3.63) is 65.2 Å². The third-order valence-corrected chi connectivity index (χ3v) is 3.34. The van der Waals surface area contributed by atoms with E-state index in [0.717, 1.165) is 0 Å². The molecular formula is C17H18N2O3. The lowest BCUT2D eigenvalue weighted by atomic mass is 10.1. The fourth-order valence-electron chi connectivity index (χ4n) is 2.20. The zero-order valence-electron chi connectivity index (χ0n) is 12.2. The molecule has 0 aliphatic carbocycles. The number of amides is 2. The SMILES string of the molecule is Cc1cc(NC(=O)CC(O)c2ccccc2)ccc1C(N)=O. The maximum atomic E-state index is 12.0. The van der Waals surface area contributed by atoms with Crippen molar-refractivity contribution in [2.45, 2.75) is 19.4 Å². The number of carbonyl (C=O) groups is 2. The van der Waals surface area contributed by atoms with Gasteiger partial charge in [-0.1, -0.05) is 30.3 Å². The van der Waals surface area contributed by atoms with Crippen LogP contribution >= 0.6 is 0 Å². The van der Waals surface area contributed by atoms with Crippen LogP contribution in [0.15, 0.2) is 48.5 Å². The summed E-state index contributed by atoms with van der Waals surface area (Å²) in [6, 6.07) is 13.9. The Morgan fingerprint density at radius 3 is 2.45 bits per heavy atom. The number of hydrogen-bond acceptors (Lipinski definition) is 3. The van der Waals surface area contributed by atoms with Crippen LogP contribution in [0.3, 0.4) is 0 Å². The van der Waals surface area contributed by atoms with E-state index in [9.17, 15) is 14.7 Å². The van der Waals surface area contributed by atoms with Crippen LogP contribution in [0.1, 0.15) is 34.0 Å². The minimum absolute atomic E-state index is 0.0410. The lowest BCUT2D eigenvalue weighted by molar-refractivity contribution is -0.118. The number of benzene rings is 2. The first kappa shape index (κ1) is 15.7. The molecule has 2 aromatic rings. The van der Waals surface area contributed by atoms with Crippen molar-refractivity contribution < 1.29 is 14.7 Å². The Morgan fingerprint density at radius 2 is 1.86 bits per heavy atom. The number of aliphatic hydroxyl groups excluding tert-OH is 1. The molecule has 0 saturated heterocycles. The molecule has 2 amide bonds. The first-order valence-corrected chi connectivity index (χ1v) is 6.90. The summed E-state index contributed by atoms with van der Waals surface area (Å²) in [6.07, 6.45) is -0.895. The third-order valence-electron chi connectivity index (χ3n) is 3.34. The van der Waals surface area contributed by atoms with Crippen LogP contribution in [0.2, 0.25) is 0 Å². The molecule has 4 N–H and O–H groups in total. The second-order valence-corrected chi connectivity index (χ2v) is 5.07. The molecule has 0 spiro atoms. The topological polar surface area (TPSA) is 92.4 Å². The van der Waals surface area contributed by atoms with Crippen LogP contribution in [-0.2, 0) is 4.79 Å². The van der Waals surface area contributed by atoms with E-state index in [4.69, 9.17) is 5.73 Å². The predicted octanol–water partition coefficient (Wildman–Crippen LogP) is 2.16. The van der Waals surface area contributed by atoms with Gasteiger partial charge in [-0.25, -0.2) is 0 Å². The van der Waals surface area contributed by atoms with E-state index in [-0.39, 0.29) is 12.3 Å². The van der Waals surface area contributed by atoms with E-state index in [2.05, 4.69) is 5.32 Å². The van der Waals surface area contributed by atoms with Gasteiger partial charge in [0.1, 0.15) is 0 Å². The molecule has 0 aliphatic rings. The minimum atomic E-state index is -0.854. The van der Waals surface area contributed by atoms with Gasteiger partial charge in [0.05, 0.1) is 12.5 Å². The first-order chi connectivity index (χ1) is 10.5. The average molecular weight is 298 g/mol. The van der Waals surface area contributed by atoms with Crippen molar-refractivity contribution in [1.82, 2.24) is 0 Å². The molecule has 5 heteroatoms. The van der Waals surface area contributed by atoms with E-state index in [1.54, 1.807) is 37.3 Å². The summed E-state index contributed by atoms with van der Waals surface area (Å²) < 4.78 is 0. The van der Waals surface area contributed by atoms with Crippen molar-refractivity contribution in [2.24, 2.45) is 5.73 Å². The number of aryl methyl sites for hydroxylation is 1. The zero-order chi connectivity index (χ0) is 16.1. The summed E-state index contributed by atoms with van der Waals surface area (Å²) in [7, 11) is 0. The Bertz CT molecular complexity index is 684. The van der Waals surface area contributed by atoms with Crippen molar-refractivity contribution in [3.8, 4) is 0 Å². The molecule has 0 aromatic heterocycles. The molecule has 114 valence electrons. The van der Waals surface area contributed by atoms with Crippen LogP contribution in [-0.4, -0.2) is 16.9 Å².